The summed E-state index contributed by atoms with van der Waals surface area (Å²) in [5.74, 6) is -0.0898. The first-order valence-electron chi connectivity index (χ1n) is 7.33. The summed E-state index contributed by atoms with van der Waals surface area (Å²) < 4.78 is 0. The maximum Gasteiger partial charge on any atom is 0.233 e. The van der Waals surface area contributed by atoms with Crippen LogP contribution in [-0.4, -0.2) is 17.4 Å². The molecule has 1 amide bonds. The van der Waals surface area contributed by atoms with Gasteiger partial charge in [0.1, 0.15) is 0 Å². The Bertz CT molecular complexity index is 600. The van der Waals surface area contributed by atoms with Crippen molar-refractivity contribution in [3.05, 3.63) is 46.5 Å². The summed E-state index contributed by atoms with van der Waals surface area (Å²) in [4.78, 5) is 18.3. The van der Waals surface area contributed by atoms with Gasteiger partial charge in [-0.3, -0.25) is 4.79 Å². The lowest BCUT2D eigenvalue weighted by Crippen LogP contribution is -2.22. The van der Waals surface area contributed by atoms with Crippen LogP contribution < -0.4 is 10.6 Å². The molecule has 1 aliphatic rings. The van der Waals surface area contributed by atoms with Gasteiger partial charge >= 0.3 is 0 Å². The van der Waals surface area contributed by atoms with Gasteiger partial charge in [-0.05, 0) is 12.0 Å². The number of carbonyl (C=O) groups excluding carboxylic acids is 1. The minimum atomic E-state index is -0.120. The van der Waals surface area contributed by atoms with Gasteiger partial charge in [0.05, 0.1) is 11.6 Å². The molecule has 21 heavy (non-hydrogen) atoms. The van der Waals surface area contributed by atoms with Gasteiger partial charge in [-0.25, -0.2) is 4.98 Å². The number of fused-ring (bicyclic) bond motifs is 1. The van der Waals surface area contributed by atoms with Crippen molar-refractivity contribution in [2.24, 2.45) is 0 Å². The molecule has 0 radical (unpaired) electrons. The molecule has 1 atom stereocenters. The number of nitrogens with zero attached hydrogens (tertiary/aromatic N) is 1. The Balaban J connectivity index is 1.74. The van der Waals surface area contributed by atoms with Gasteiger partial charge in [-0.15, -0.1) is 11.3 Å². The molecule has 1 aromatic carbocycles. The van der Waals surface area contributed by atoms with Crippen molar-refractivity contribution >= 4 is 22.4 Å². The molecule has 0 bridgehead atoms. The predicted octanol–water partition coefficient (Wildman–Crippen LogP) is 2.92. The summed E-state index contributed by atoms with van der Waals surface area (Å²) >= 11 is 1.58. The fourth-order valence-electron chi connectivity index (χ4n) is 2.63. The zero-order chi connectivity index (χ0) is 14.7. The average molecular weight is 301 g/mol. The van der Waals surface area contributed by atoms with Crippen LogP contribution in [0.4, 0.5) is 5.13 Å². The Kier molecular flexibility index (Phi) is 4.31. The molecular formula is C16H19N3OS. The van der Waals surface area contributed by atoms with Crippen molar-refractivity contribution in [2.75, 3.05) is 11.9 Å². The highest BCUT2D eigenvalue weighted by atomic mass is 32.1. The van der Waals surface area contributed by atoms with Crippen LogP contribution in [0.5, 0.6) is 0 Å². The number of rotatable bonds is 4. The van der Waals surface area contributed by atoms with Crippen LogP contribution >= 0.6 is 11.3 Å². The van der Waals surface area contributed by atoms with E-state index in [1.54, 1.807) is 11.3 Å². The highest BCUT2D eigenvalue weighted by Gasteiger charge is 2.21. The molecule has 2 heterocycles. The van der Waals surface area contributed by atoms with E-state index in [0.717, 1.165) is 42.3 Å². The van der Waals surface area contributed by atoms with Crippen LogP contribution in [0.1, 0.15) is 35.4 Å². The summed E-state index contributed by atoms with van der Waals surface area (Å²) in [6, 6.07) is 9.92. The van der Waals surface area contributed by atoms with E-state index in [4.69, 9.17) is 0 Å². The van der Waals surface area contributed by atoms with Crippen molar-refractivity contribution in [1.82, 2.24) is 10.3 Å². The van der Waals surface area contributed by atoms with Gasteiger partial charge in [0.2, 0.25) is 5.91 Å². The minimum absolute atomic E-state index is 0.0303. The topological polar surface area (TPSA) is 54.0 Å². The standard InChI is InChI=1S/C16H19N3OS/c1-2-12(11-6-4-3-5-7-11)15(20)19-16-18-13-8-9-17-10-14(13)21-16/h3-7,12,17H,2,8-10H2,1H3,(H,18,19,20). The van der Waals surface area contributed by atoms with E-state index in [1.165, 1.54) is 4.88 Å². The number of hydrogen-bond donors (Lipinski definition) is 2. The van der Waals surface area contributed by atoms with Crippen LogP contribution in [0.25, 0.3) is 0 Å². The first-order valence-corrected chi connectivity index (χ1v) is 8.14. The van der Waals surface area contributed by atoms with Crippen LogP contribution in [0.2, 0.25) is 0 Å². The Morgan fingerprint density at radius 3 is 2.95 bits per heavy atom. The average Bonchev–Trinajstić information content (AvgIpc) is 2.91. The van der Waals surface area contributed by atoms with E-state index in [2.05, 4.69) is 15.6 Å². The van der Waals surface area contributed by atoms with E-state index >= 15 is 0 Å². The fourth-order valence-corrected chi connectivity index (χ4v) is 3.61. The lowest BCUT2D eigenvalue weighted by Gasteiger charge is -2.14. The quantitative estimate of drug-likeness (QED) is 0.913. The van der Waals surface area contributed by atoms with E-state index in [9.17, 15) is 4.79 Å². The number of hydrogen-bond acceptors (Lipinski definition) is 4. The molecule has 1 aliphatic heterocycles. The van der Waals surface area contributed by atoms with Crippen molar-refractivity contribution in [2.45, 2.75) is 32.2 Å². The number of carbonyl (C=O) groups is 1. The maximum absolute atomic E-state index is 12.5. The number of anilines is 1. The molecule has 1 unspecified atom stereocenters. The number of benzene rings is 1. The normalized spacial score (nSPS) is 15.3. The van der Waals surface area contributed by atoms with E-state index in [0.29, 0.717) is 0 Å². The van der Waals surface area contributed by atoms with Gasteiger partial charge < -0.3 is 10.6 Å². The third kappa shape index (κ3) is 3.14. The predicted molar refractivity (Wildman–Crippen MR) is 85.6 cm³/mol. The molecule has 3 rings (SSSR count). The maximum atomic E-state index is 12.5. The zero-order valence-corrected chi connectivity index (χ0v) is 12.9. The Labute approximate surface area is 128 Å². The van der Waals surface area contributed by atoms with Crippen LogP contribution in [0.3, 0.4) is 0 Å². The number of amides is 1. The third-order valence-corrected chi connectivity index (χ3v) is 4.77. The summed E-state index contributed by atoms with van der Waals surface area (Å²) in [5, 5.41) is 7.04. The van der Waals surface area contributed by atoms with E-state index in [-0.39, 0.29) is 11.8 Å². The van der Waals surface area contributed by atoms with Gasteiger partial charge in [0.25, 0.3) is 0 Å². The van der Waals surface area contributed by atoms with Gasteiger partial charge in [0.15, 0.2) is 5.13 Å². The number of thiazole rings is 1. The van der Waals surface area contributed by atoms with Gasteiger partial charge in [-0.2, -0.15) is 0 Å². The molecule has 2 N–H and O–H groups in total. The summed E-state index contributed by atoms with van der Waals surface area (Å²) in [5.41, 5.74) is 2.18. The highest BCUT2D eigenvalue weighted by Crippen LogP contribution is 2.27. The van der Waals surface area contributed by atoms with Gasteiger partial charge in [0, 0.05) is 24.4 Å². The smallest absolute Gasteiger partial charge is 0.233 e. The van der Waals surface area contributed by atoms with Crippen molar-refractivity contribution in [1.29, 1.82) is 0 Å². The molecule has 5 heteroatoms. The van der Waals surface area contributed by atoms with Crippen LogP contribution in [-0.2, 0) is 17.8 Å². The molecule has 0 fully saturated rings. The highest BCUT2D eigenvalue weighted by molar-refractivity contribution is 7.15. The molecule has 4 nitrogen and oxygen atoms in total. The van der Waals surface area contributed by atoms with E-state index in [1.807, 2.05) is 37.3 Å². The van der Waals surface area contributed by atoms with E-state index < -0.39 is 0 Å². The monoisotopic (exact) mass is 301 g/mol. The first kappa shape index (κ1) is 14.2. The minimum Gasteiger partial charge on any atom is -0.311 e. The van der Waals surface area contributed by atoms with Crippen LogP contribution in [0, 0.1) is 0 Å². The summed E-state index contributed by atoms with van der Waals surface area (Å²) in [6.45, 7) is 3.86. The number of nitrogens with one attached hydrogen (secondary N) is 2. The summed E-state index contributed by atoms with van der Waals surface area (Å²) in [7, 11) is 0. The van der Waals surface area contributed by atoms with Crippen molar-refractivity contribution in [3.8, 4) is 0 Å². The molecule has 1 aromatic heterocycles. The molecule has 0 saturated carbocycles. The molecular weight excluding hydrogens is 282 g/mol. The molecule has 110 valence electrons. The third-order valence-electron chi connectivity index (χ3n) is 3.76. The van der Waals surface area contributed by atoms with Gasteiger partial charge in [-0.1, -0.05) is 37.3 Å². The molecule has 2 aromatic rings. The second-order valence-electron chi connectivity index (χ2n) is 5.18. The first-order chi connectivity index (χ1) is 10.3. The second kappa shape index (κ2) is 6.37. The Morgan fingerprint density at radius 2 is 2.24 bits per heavy atom. The zero-order valence-electron chi connectivity index (χ0n) is 12.1. The lowest BCUT2D eigenvalue weighted by atomic mass is 9.96. The fraction of sp³-hybridized carbons (Fsp3) is 0.375. The summed E-state index contributed by atoms with van der Waals surface area (Å²) in [6.07, 6.45) is 1.72. The lowest BCUT2D eigenvalue weighted by molar-refractivity contribution is -0.117. The Morgan fingerprint density at radius 1 is 1.43 bits per heavy atom. The Hall–Kier alpha value is -1.72. The molecule has 0 aliphatic carbocycles. The molecule has 0 spiro atoms. The second-order valence-corrected chi connectivity index (χ2v) is 6.26. The largest absolute Gasteiger partial charge is 0.311 e. The molecule has 0 saturated heterocycles. The number of aromatic nitrogens is 1. The van der Waals surface area contributed by atoms with Crippen molar-refractivity contribution in [3.63, 3.8) is 0 Å². The van der Waals surface area contributed by atoms with Crippen LogP contribution in [0.15, 0.2) is 30.3 Å². The van der Waals surface area contributed by atoms with Crippen molar-refractivity contribution < 1.29 is 4.79 Å². The SMILES string of the molecule is CCC(C(=O)Nc1nc2c(s1)CNCC2)c1ccccc1.